The molecule has 3 rings (SSSR count). The van der Waals surface area contributed by atoms with Gasteiger partial charge in [-0.15, -0.1) is 0 Å². The molecule has 0 spiro atoms. The van der Waals surface area contributed by atoms with Crippen LogP contribution in [-0.2, 0) is 6.54 Å². The number of pyridine rings is 1. The molecule has 0 unspecified atom stereocenters. The van der Waals surface area contributed by atoms with Crippen LogP contribution in [-0.4, -0.2) is 9.55 Å². The maximum Gasteiger partial charge on any atom is 0.421 e. The molecule has 0 saturated heterocycles. The number of nitrogens with zero attached hydrogens (tertiary/aromatic N) is 2. The Morgan fingerprint density at radius 3 is 3.00 bits per heavy atom. The number of rotatable bonds is 2. The van der Waals surface area contributed by atoms with Crippen LogP contribution in [0.25, 0.3) is 11.2 Å². The Kier molecular flexibility index (Phi) is 2.94. The summed E-state index contributed by atoms with van der Waals surface area (Å²) in [6, 6.07) is 7.98. The fourth-order valence-electron chi connectivity index (χ4n) is 1.86. The maximum absolute atomic E-state index is 13.2. The van der Waals surface area contributed by atoms with Crippen molar-refractivity contribution in [2.45, 2.75) is 6.54 Å². The second-order valence-corrected chi connectivity index (χ2v) is 4.88. The number of fused-ring (bicyclic) bond motifs is 1. The average Bonchev–Trinajstić information content (AvgIpc) is 2.71. The molecule has 2 heterocycles. The number of aromatic nitrogens is 2. The molecule has 19 heavy (non-hydrogen) atoms. The topological polar surface area (TPSA) is 48.0 Å². The first-order chi connectivity index (χ1) is 9.15. The molecule has 0 radical (unpaired) electrons. The van der Waals surface area contributed by atoms with E-state index in [4.69, 9.17) is 4.42 Å². The molecule has 0 atom stereocenters. The lowest BCUT2D eigenvalue weighted by Crippen LogP contribution is -2.15. The molecule has 3 aromatic rings. The molecule has 0 N–H and O–H groups in total. The highest BCUT2D eigenvalue weighted by Gasteiger charge is 2.10. The quantitative estimate of drug-likeness (QED) is 0.728. The summed E-state index contributed by atoms with van der Waals surface area (Å²) in [5, 5.41) is 0. The van der Waals surface area contributed by atoms with Gasteiger partial charge in [0.1, 0.15) is 5.82 Å². The van der Waals surface area contributed by atoms with E-state index in [9.17, 15) is 9.18 Å². The molecule has 0 bridgehead atoms. The number of oxazole rings is 1. The maximum atomic E-state index is 13.2. The fourth-order valence-corrected chi connectivity index (χ4v) is 2.29. The zero-order valence-corrected chi connectivity index (χ0v) is 11.2. The van der Waals surface area contributed by atoms with E-state index in [-0.39, 0.29) is 12.4 Å². The van der Waals surface area contributed by atoms with Crippen molar-refractivity contribution in [1.29, 1.82) is 0 Å². The van der Waals surface area contributed by atoms with Gasteiger partial charge in [-0.2, -0.15) is 0 Å². The lowest BCUT2D eigenvalue weighted by Gasteiger charge is -2.03. The highest BCUT2D eigenvalue weighted by molar-refractivity contribution is 9.10. The first-order valence-corrected chi connectivity index (χ1v) is 6.33. The molecule has 0 aliphatic carbocycles. The van der Waals surface area contributed by atoms with Gasteiger partial charge in [0.05, 0.1) is 11.0 Å². The van der Waals surface area contributed by atoms with Crippen LogP contribution in [0, 0.1) is 5.82 Å². The van der Waals surface area contributed by atoms with E-state index in [0.717, 1.165) is 5.56 Å². The van der Waals surface area contributed by atoms with Gasteiger partial charge in [0.2, 0.25) is 0 Å². The van der Waals surface area contributed by atoms with Gasteiger partial charge in [-0.05, 0) is 45.8 Å². The van der Waals surface area contributed by atoms with Gasteiger partial charge in [0, 0.05) is 6.20 Å². The predicted octanol–water partition coefficient (Wildman–Crippen LogP) is 2.94. The van der Waals surface area contributed by atoms with Crippen LogP contribution in [0.1, 0.15) is 5.56 Å². The average molecular weight is 323 g/mol. The highest BCUT2D eigenvalue weighted by Crippen LogP contribution is 2.18. The summed E-state index contributed by atoms with van der Waals surface area (Å²) in [6.07, 6.45) is 1.59. The summed E-state index contributed by atoms with van der Waals surface area (Å²) < 4.78 is 20.0. The van der Waals surface area contributed by atoms with E-state index >= 15 is 0 Å². The standard InChI is InChI=1S/C13H8BrFN2O2/c14-9-6-8(3-4-10(9)15)7-17-12-11(19-13(17)18)2-1-5-16-12/h1-6H,7H2. The minimum absolute atomic E-state index is 0.279. The molecule has 0 aliphatic heterocycles. The smallest absolute Gasteiger partial charge is 0.406 e. The Bertz CT molecular complexity index is 810. The van der Waals surface area contributed by atoms with Gasteiger partial charge < -0.3 is 4.42 Å². The van der Waals surface area contributed by atoms with Crippen molar-refractivity contribution in [2.75, 3.05) is 0 Å². The molecule has 96 valence electrons. The number of halogens is 2. The minimum atomic E-state index is -0.478. The van der Waals surface area contributed by atoms with Crippen molar-refractivity contribution in [3.05, 3.63) is 62.9 Å². The summed E-state index contributed by atoms with van der Waals surface area (Å²) >= 11 is 3.12. The molecule has 4 nitrogen and oxygen atoms in total. The Morgan fingerprint density at radius 1 is 1.37 bits per heavy atom. The van der Waals surface area contributed by atoms with E-state index < -0.39 is 5.76 Å². The summed E-state index contributed by atoms with van der Waals surface area (Å²) in [5.74, 6) is -0.819. The molecule has 0 fully saturated rings. The Labute approximate surface area is 115 Å². The van der Waals surface area contributed by atoms with Crippen molar-refractivity contribution < 1.29 is 8.81 Å². The van der Waals surface area contributed by atoms with Crippen LogP contribution in [0.15, 0.2) is 50.2 Å². The molecule has 0 amide bonds. The van der Waals surface area contributed by atoms with Gasteiger partial charge in [-0.25, -0.2) is 14.2 Å². The van der Waals surface area contributed by atoms with Crippen molar-refractivity contribution in [3.63, 3.8) is 0 Å². The molecular formula is C13H8BrFN2O2. The number of hydrogen-bond acceptors (Lipinski definition) is 3. The largest absolute Gasteiger partial charge is 0.421 e. The normalized spacial score (nSPS) is 11.1. The second kappa shape index (κ2) is 4.62. The zero-order valence-electron chi connectivity index (χ0n) is 9.64. The third-order valence-corrected chi connectivity index (χ3v) is 3.36. The lowest BCUT2D eigenvalue weighted by atomic mass is 10.2. The Morgan fingerprint density at radius 2 is 2.21 bits per heavy atom. The monoisotopic (exact) mass is 322 g/mol. The zero-order chi connectivity index (χ0) is 13.4. The van der Waals surface area contributed by atoms with E-state index in [2.05, 4.69) is 20.9 Å². The third-order valence-electron chi connectivity index (χ3n) is 2.75. The molecule has 1 aromatic carbocycles. The second-order valence-electron chi connectivity index (χ2n) is 4.03. The SMILES string of the molecule is O=c1oc2cccnc2n1Cc1ccc(F)c(Br)c1. The third kappa shape index (κ3) is 2.19. The Hall–Kier alpha value is -1.95. The fraction of sp³-hybridized carbons (Fsp3) is 0.0769. The summed E-state index contributed by atoms with van der Waals surface area (Å²) in [6.45, 7) is 0.279. The number of benzene rings is 1. The van der Waals surface area contributed by atoms with Gasteiger partial charge in [-0.3, -0.25) is 4.57 Å². The highest BCUT2D eigenvalue weighted by atomic mass is 79.9. The van der Waals surface area contributed by atoms with Crippen LogP contribution in [0.3, 0.4) is 0 Å². The minimum Gasteiger partial charge on any atom is -0.406 e. The van der Waals surface area contributed by atoms with Crippen LogP contribution >= 0.6 is 15.9 Å². The predicted molar refractivity (Wildman–Crippen MR) is 71.5 cm³/mol. The van der Waals surface area contributed by atoms with Crippen LogP contribution in [0.4, 0.5) is 4.39 Å². The van der Waals surface area contributed by atoms with Gasteiger partial charge in [0.25, 0.3) is 0 Å². The van der Waals surface area contributed by atoms with Crippen molar-refractivity contribution in [2.24, 2.45) is 0 Å². The Balaban J connectivity index is 2.08. The summed E-state index contributed by atoms with van der Waals surface area (Å²) in [7, 11) is 0. The van der Waals surface area contributed by atoms with E-state index in [1.807, 2.05) is 0 Å². The molecule has 6 heteroatoms. The van der Waals surface area contributed by atoms with Crippen molar-refractivity contribution in [3.8, 4) is 0 Å². The first-order valence-electron chi connectivity index (χ1n) is 5.53. The van der Waals surface area contributed by atoms with Crippen LogP contribution < -0.4 is 5.76 Å². The van der Waals surface area contributed by atoms with Crippen molar-refractivity contribution in [1.82, 2.24) is 9.55 Å². The van der Waals surface area contributed by atoms with Crippen molar-refractivity contribution >= 4 is 27.2 Å². The van der Waals surface area contributed by atoms with E-state index in [1.54, 1.807) is 30.5 Å². The summed E-state index contributed by atoms with van der Waals surface area (Å²) in [5.41, 5.74) is 1.70. The molecule has 2 aromatic heterocycles. The molecular weight excluding hydrogens is 315 g/mol. The first kappa shape index (κ1) is 12.1. The number of hydrogen-bond donors (Lipinski definition) is 0. The van der Waals surface area contributed by atoms with Crippen LogP contribution in [0.2, 0.25) is 0 Å². The lowest BCUT2D eigenvalue weighted by molar-refractivity contribution is 0.517. The van der Waals surface area contributed by atoms with Crippen LogP contribution in [0.5, 0.6) is 0 Å². The van der Waals surface area contributed by atoms with E-state index in [0.29, 0.717) is 15.7 Å². The van der Waals surface area contributed by atoms with E-state index in [1.165, 1.54) is 10.6 Å². The molecule has 0 saturated carbocycles. The van der Waals surface area contributed by atoms with Gasteiger partial charge >= 0.3 is 5.76 Å². The molecule has 0 aliphatic rings. The summed E-state index contributed by atoms with van der Waals surface area (Å²) in [4.78, 5) is 15.9. The van der Waals surface area contributed by atoms with Gasteiger partial charge in [-0.1, -0.05) is 6.07 Å². The van der Waals surface area contributed by atoms with Gasteiger partial charge in [0.15, 0.2) is 11.2 Å².